The molecule has 4 nitrogen and oxygen atoms in total. The maximum atomic E-state index is 11.6. The first kappa shape index (κ1) is 16.6. The second-order valence-electron chi connectivity index (χ2n) is 5.21. The summed E-state index contributed by atoms with van der Waals surface area (Å²) in [6.07, 6.45) is 1.49. The highest BCUT2D eigenvalue weighted by Crippen LogP contribution is 2.32. The van der Waals surface area contributed by atoms with Crippen molar-refractivity contribution in [2.75, 3.05) is 0 Å². The van der Waals surface area contributed by atoms with Crippen LogP contribution in [0.4, 0.5) is 4.79 Å². The number of hydrogen-bond acceptors (Lipinski definition) is 4. The summed E-state index contributed by atoms with van der Waals surface area (Å²) in [7, 11) is 0. The predicted molar refractivity (Wildman–Crippen MR) is 96.0 cm³/mol. The van der Waals surface area contributed by atoms with Crippen LogP contribution in [0.25, 0.3) is 6.08 Å². The van der Waals surface area contributed by atoms with E-state index in [1.54, 1.807) is 24.3 Å². The molecule has 6 heteroatoms. The Morgan fingerprint density at radius 2 is 1.92 bits per heavy atom. The van der Waals surface area contributed by atoms with E-state index in [0.717, 1.165) is 22.9 Å². The van der Waals surface area contributed by atoms with Gasteiger partial charge in [-0.15, -0.1) is 0 Å². The highest BCUT2D eigenvalue weighted by molar-refractivity contribution is 8.18. The smallest absolute Gasteiger partial charge is 0.290 e. The second kappa shape index (κ2) is 7.11. The Bertz CT molecular complexity index is 820. The molecule has 3 rings (SSSR count). The minimum Gasteiger partial charge on any atom is -0.484 e. The third-order valence-corrected chi connectivity index (χ3v) is 4.57. The number of carbonyl (C=O) groups is 2. The second-order valence-corrected chi connectivity index (χ2v) is 6.63. The first-order valence-corrected chi connectivity index (χ1v) is 8.48. The Kier molecular flexibility index (Phi) is 4.92. The average Bonchev–Trinajstić information content (AvgIpc) is 2.88. The number of benzene rings is 2. The van der Waals surface area contributed by atoms with Crippen LogP contribution in [0.3, 0.4) is 0 Å². The Balaban J connectivity index is 1.77. The Morgan fingerprint density at radius 1 is 1.17 bits per heavy atom. The molecule has 1 heterocycles. The molecule has 1 aliphatic heterocycles. The molecule has 2 aromatic rings. The minimum absolute atomic E-state index is 0.137. The zero-order chi connectivity index (χ0) is 17.1. The molecule has 1 unspecified atom stereocenters. The van der Waals surface area contributed by atoms with E-state index >= 15 is 0 Å². The summed E-state index contributed by atoms with van der Waals surface area (Å²) in [6.45, 7) is 1.95. The van der Waals surface area contributed by atoms with Crippen LogP contribution in [-0.4, -0.2) is 11.1 Å². The molecule has 0 bridgehead atoms. The van der Waals surface area contributed by atoms with E-state index in [4.69, 9.17) is 16.3 Å². The summed E-state index contributed by atoms with van der Waals surface area (Å²) >= 11 is 7.16. The van der Waals surface area contributed by atoms with E-state index in [1.807, 2.05) is 37.3 Å². The molecule has 24 heavy (non-hydrogen) atoms. The standard InChI is InChI=1S/C18H14ClNO3S/c1-11(13-5-3-2-4-6-13)23-15-8-7-12(9-14(15)19)10-16-17(21)20-18(22)24-16/h2-11H,1H3,(H,20,21,22)/b16-10+. The van der Waals surface area contributed by atoms with Gasteiger partial charge in [0.2, 0.25) is 0 Å². The summed E-state index contributed by atoms with van der Waals surface area (Å²) in [4.78, 5) is 23.1. The summed E-state index contributed by atoms with van der Waals surface area (Å²) in [5.41, 5.74) is 1.78. The number of carbonyl (C=O) groups excluding carboxylic acids is 2. The summed E-state index contributed by atoms with van der Waals surface area (Å²) in [5.74, 6) is 0.175. The SMILES string of the molecule is CC(Oc1ccc(/C=C2/SC(=O)NC2=O)cc1Cl)c1ccccc1. The van der Waals surface area contributed by atoms with Crippen LogP contribution in [0.1, 0.15) is 24.2 Å². The van der Waals surface area contributed by atoms with Gasteiger partial charge in [-0.25, -0.2) is 0 Å². The molecule has 1 fully saturated rings. The van der Waals surface area contributed by atoms with Gasteiger partial charge in [-0.05, 0) is 48.0 Å². The molecule has 0 spiro atoms. The lowest BCUT2D eigenvalue weighted by Gasteiger charge is -2.16. The van der Waals surface area contributed by atoms with Crippen molar-refractivity contribution in [3.05, 3.63) is 69.6 Å². The molecular weight excluding hydrogens is 346 g/mol. The number of thioether (sulfide) groups is 1. The molecule has 1 N–H and O–H groups in total. The lowest BCUT2D eigenvalue weighted by Crippen LogP contribution is -2.17. The Morgan fingerprint density at radius 3 is 2.54 bits per heavy atom. The number of ether oxygens (including phenoxy) is 1. The molecule has 1 aliphatic rings. The van der Waals surface area contributed by atoms with Crippen LogP contribution >= 0.6 is 23.4 Å². The van der Waals surface area contributed by atoms with Gasteiger partial charge in [-0.1, -0.05) is 48.0 Å². The molecule has 0 radical (unpaired) electrons. The monoisotopic (exact) mass is 359 g/mol. The van der Waals surface area contributed by atoms with Crippen molar-refractivity contribution in [3.8, 4) is 5.75 Å². The minimum atomic E-state index is -0.390. The van der Waals surface area contributed by atoms with Crippen LogP contribution in [0.5, 0.6) is 5.75 Å². The van der Waals surface area contributed by atoms with Gasteiger partial charge in [0, 0.05) is 0 Å². The highest BCUT2D eigenvalue weighted by Gasteiger charge is 2.25. The normalized spacial score (nSPS) is 17.0. The third kappa shape index (κ3) is 3.80. The largest absolute Gasteiger partial charge is 0.484 e. The number of rotatable bonds is 4. The van der Waals surface area contributed by atoms with Crippen LogP contribution < -0.4 is 10.1 Å². The van der Waals surface area contributed by atoms with E-state index in [1.165, 1.54) is 0 Å². The van der Waals surface area contributed by atoms with Gasteiger partial charge in [-0.3, -0.25) is 14.9 Å². The van der Waals surface area contributed by atoms with Gasteiger partial charge in [0.25, 0.3) is 11.1 Å². The fraction of sp³-hybridized carbons (Fsp3) is 0.111. The number of hydrogen-bond donors (Lipinski definition) is 1. The zero-order valence-corrected chi connectivity index (χ0v) is 14.4. The molecule has 0 saturated carbocycles. The number of halogens is 1. The van der Waals surface area contributed by atoms with Crippen LogP contribution in [0, 0.1) is 0 Å². The lowest BCUT2D eigenvalue weighted by atomic mass is 10.1. The van der Waals surface area contributed by atoms with Gasteiger partial charge in [-0.2, -0.15) is 0 Å². The van der Waals surface area contributed by atoms with Gasteiger partial charge < -0.3 is 4.74 Å². The number of imide groups is 1. The van der Waals surface area contributed by atoms with Crippen LogP contribution in [0.2, 0.25) is 5.02 Å². The summed E-state index contributed by atoms with van der Waals surface area (Å²) in [5, 5.41) is 2.30. The molecule has 0 aromatic heterocycles. The fourth-order valence-corrected chi connectivity index (χ4v) is 3.17. The lowest BCUT2D eigenvalue weighted by molar-refractivity contribution is -0.115. The maximum Gasteiger partial charge on any atom is 0.290 e. The van der Waals surface area contributed by atoms with Crippen LogP contribution in [-0.2, 0) is 4.79 Å². The molecular formula is C18H14ClNO3S. The number of nitrogens with one attached hydrogen (secondary N) is 1. The van der Waals surface area contributed by atoms with Gasteiger partial charge >= 0.3 is 0 Å². The van der Waals surface area contributed by atoms with Crippen molar-refractivity contribution in [3.63, 3.8) is 0 Å². The van der Waals surface area contributed by atoms with Gasteiger partial charge in [0.15, 0.2) is 0 Å². The predicted octanol–water partition coefficient (Wildman–Crippen LogP) is 4.80. The molecule has 0 aliphatic carbocycles. The topological polar surface area (TPSA) is 55.4 Å². The van der Waals surface area contributed by atoms with E-state index in [9.17, 15) is 9.59 Å². The summed E-state index contributed by atoms with van der Waals surface area (Å²) in [6, 6.07) is 15.1. The average molecular weight is 360 g/mol. The Labute approximate surface area is 148 Å². The first-order valence-electron chi connectivity index (χ1n) is 7.29. The molecule has 1 atom stereocenters. The maximum absolute atomic E-state index is 11.6. The van der Waals surface area contributed by atoms with E-state index < -0.39 is 0 Å². The Hall–Kier alpha value is -2.24. The molecule has 2 aromatic carbocycles. The third-order valence-electron chi connectivity index (χ3n) is 3.47. The van der Waals surface area contributed by atoms with Crippen molar-refractivity contribution in [2.45, 2.75) is 13.0 Å². The fourth-order valence-electron chi connectivity index (χ4n) is 2.26. The van der Waals surface area contributed by atoms with E-state index in [2.05, 4.69) is 5.32 Å². The van der Waals surface area contributed by atoms with E-state index in [-0.39, 0.29) is 17.3 Å². The van der Waals surface area contributed by atoms with Crippen molar-refractivity contribution in [1.29, 1.82) is 0 Å². The molecule has 2 amide bonds. The summed E-state index contributed by atoms with van der Waals surface area (Å²) < 4.78 is 5.90. The van der Waals surface area contributed by atoms with Gasteiger partial charge in [0.1, 0.15) is 11.9 Å². The highest BCUT2D eigenvalue weighted by atomic mass is 35.5. The van der Waals surface area contributed by atoms with Crippen LogP contribution in [0.15, 0.2) is 53.4 Å². The number of amides is 2. The first-order chi connectivity index (χ1) is 11.5. The van der Waals surface area contributed by atoms with Gasteiger partial charge in [0.05, 0.1) is 9.93 Å². The van der Waals surface area contributed by atoms with E-state index in [0.29, 0.717) is 15.7 Å². The quantitative estimate of drug-likeness (QED) is 0.796. The van der Waals surface area contributed by atoms with Crippen molar-refractivity contribution >= 4 is 40.6 Å². The van der Waals surface area contributed by atoms with Crippen molar-refractivity contribution in [2.24, 2.45) is 0 Å². The zero-order valence-electron chi connectivity index (χ0n) is 12.8. The van der Waals surface area contributed by atoms with Crippen molar-refractivity contribution in [1.82, 2.24) is 5.32 Å². The molecule has 1 saturated heterocycles. The molecule has 122 valence electrons. The van der Waals surface area contributed by atoms with Crippen molar-refractivity contribution < 1.29 is 14.3 Å².